The molecule has 5 rings (SSSR count). The zero-order valence-electron chi connectivity index (χ0n) is 15.9. The minimum Gasteiger partial charge on any atom is -0.207 e. The summed E-state index contributed by atoms with van der Waals surface area (Å²) in [6, 6.07) is 18.0. The summed E-state index contributed by atoms with van der Waals surface area (Å²) in [5, 5.41) is 1.37. The standard InChI is InChI=1S/C26H13F5/c27-15-6-8-17-19(10-15)26(18-9-7-16(28)11-22(18)29)21-13-24(31)23(30)12-20(21)25(17)14-4-2-1-3-5-14/h1-13H. The van der Waals surface area contributed by atoms with Gasteiger partial charge in [-0.05, 0) is 69.1 Å². The monoisotopic (exact) mass is 420 g/mol. The molecule has 5 heteroatoms. The highest BCUT2D eigenvalue weighted by Crippen LogP contribution is 2.45. The molecule has 0 saturated carbocycles. The van der Waals surface area contributed by atoms with E-state index in [4.69, 9.17) is 0 Å². The number of hydrogen-bond donors (Lipinski definition) is 0. The van der Waals surface area contributed by atoms with Crippen LogP contribution in [0.1, 0.15) is 0 Å². The van der Waals surface area contributed by atoms with E-state index in [0.717, 1.165) is 18.2 Å². The second-order valence-corrected chi connectivity index (χ2v) is 7.24. The summed E-state index contributed by atoms with van der Waals surface area (Å²) in [6.07, 6.45) is 0. The van der Waals surface area contributed by atoms with Crippen LogP contribution in [0.2, 0.25) is 0 Å². The molecule has 5 aromatic rings. The zero-order valence-corrected chi connectivity index (χ0v) is 15.9. The largest absolute Gasteiger partial charge is 0.207 e. The van der Waals surface area contributed by atoms with E-state index in [9.17, 15) is 22.0 Å². The zero-order chi connectivity index (χ0) is 21.7. The molecular weight excluding hydrogens is 407 g/mol. The van der Waals surface area contributed by atoms with Crippen LogP contribution in [0.3, 0.4) is 0 Å². The Morgan fingerprint density at radius 3 is 1.68 bits per heavy atom. The van der Waals surface area contributed by atoms with E-state index in [1.54, 1.807) is 24.3 Å². The van der Waals surface area contributed by atoms with Gasteiger partial charge >= 0.3 is 0 Å². The molecule has 152 valence electrons. The van der Waals surface area contributed by atoms with Crippen molar-refractivity contribution in [2.45, 2.75) is 0 Å². The van der Waals surface area contributed by atoms with Crippen LogP contribution >= 0.6 is 0 Å². The van der Waals surface area contributed by atoms with Crippen molar-refractivity contribution in [3.63, 3.8) is 0 Å². The first-order valence-electron chi connectivity index (χ1n) is 9.49. The molecule has 0 N–H and O–H groups in total. The smallest absolute Gasteiger partial charge is 0.159 e. The Bertz CT molecular complexity index is 1470. The summed E-state index contributed by atoms with van der Waals surface area (Å²) in [5.41, 5.74) is 1.41. The maximum absolute atomic E-state index is 14.8. The van der Waals surface area contributed by atoms with Gasteiger partial charge in [-0.25, -0.2) is 22.0 Å². The van der Waals surface area contributed by atoms with Gasteiger partial charge in [0.25, 0.3) is 0 Å². The van der Waals surface area contributed by atoms with Crippen LogP contribution in [0, 0.1) is 29.1 Å². The third-order valence-corrected chi connectivity index (χ3v) is 5.38. The lowest BCUT2D eigenvalue weighted by atomic mass is 9.85. The van der Waals surface area contributed by atoms with Gasteiger partial charge in [0.1, 0.15) is 17.5 Å². The third kappa shape index (κ3) is 3.13. The molecule has 31 heavy (non-hydrogen) atoms. The maximum Gasteiger partial charge on any atom is 0.159 e. The molecule has 0 aliphatic heterocycles. The SMILES string of the molecule is Fc1ccc(-c2c3cc(F)ccc3c(-c3ccccc3)c3cc(F)c(F)cc23)c(F)c1. The quantitative estimate of drug-likeness (QED) is 0.200. The van der Waals surface area contributed by atoms with Crippen LogP contribution < -0.4 is 0 Å². The Kier molecular flexibility index (Phi) is 4.47. The van der Waals surface area contributed by atoms with Gasteiger partial charge in [-0.1, -0.05) is 36.4 Å². The summed E-state index contributed by atoms with van der Waals surface area (Å²) < 4.78 is 71.3. The Morgan fingerprint density at radius 2 is 1.00 bits per heavy atom. The van der Waals surface area contributed by atoms with Gasteiger partial charge in [0.15, 0.2) is 11.6 Å². The predicted molar refractivity (Wildman–Crippen MR) is 112 cm³/mol. The van der Waals surface area contributed by atoms with Crippen molar-refractivity contribution in [3.05, 3.63) is 108 Å². The van der Waals surface area contributed by atoms with Crippen LogP contribution in [0.4, 0.5) is 22.0 Å². The number of rotatable bonds is 2. The number of hydrogen-bond acceptors (Lipinski definition) is 0. The topological polar surface area (TPSA) is 0 Å². The van der Waals surface area contributed by atoms with E-state index >= 15 is 0 Å². The van der Waals surface area contributed by atoms with Crippen molar-refractivity contribution in [1.82, 2.24) is 0 Å². The van der Waals surface area contributed by atoms with Crippen molar-refractivity contribution >= 4 is 21.5 Å². The number of fused-ring (bicyclic) bond motifs is 2. The van der Waals surface area contributed by atoms with E-state index in [1.165, 1.54) is 24.3 Å². The van der Waals surface area contributed by atoms with Crippen LogP contribution in [0.25, 0.3) is 43.8 Å². The fourth-order valence-corrected chi connectivity index (χ4v) is 4.09. The molecule has 0 amide bonds. The second kappa shape index (κ2) is 7.20. The fourth-order valence-electron chi connectivity index (χ4n) is 4.09. The molecule has 0 nitrogen and oxygen atoms in total. The molecule has 0 spiro atoms. The normalized spacial score (nSPS) is 11.4. The van der Waals surface area contributed by atoms with Crippen molar-refractivity contribution in [2.24, 2.45) is 0 Å². The lowest BCUT2D eigenvalue weighted by Gasteiger charge is -2.18. The molecule has 0 unspecified atom stereocenters. The highest BCUT2D eigenvalue weighted by molar-refractivity contribution is 6.21. The highest BCUT2D eigenvalue weighted by Gasteiger charge is 2.21. The van der Waals surface area contributed by atoms with E-state index in [2.05, 4.69) is 0 Å². The van der Waals surface area contributed by atoms with Crippen molar-refractivity contribution in [3.8, 4) is 22.3 Å². The third-order valence-electron chi connectivity index (χ3n) is 5.38. The van der Waals surface area contributed by atoms with Gasteiger partial charge in [0.2, 0.25) is 0 Å². The molecule has 0 radical (unpaired) electrons. The fraction of sp³-hybridized carbons (Fsp3) is 0. The van der Waals surface area contributed by atoms with Crippen molar-refractivity contribution in [2.75, 3.05) is 0 Å². The van der Waals surface area contributed by atoms with Gasteiger partial charge in [-0.3, -0.25) is 0 Å². The Hall–Kier alpha value is -3.73. The Morgan fingerprint density at radius 1 is 0.419 bits per heavy atom. The molecule has 0 aliphatic carbocycles. The van der Waals surface area contributed by atoms with E-state index in [0.29, 0.717) is 33.4 Å². The first-order valence-corrected chi connectivity index (χ1v) is 9.49. The molecule has 0 saturated heterocycles. The summed E-state index contributed by atoms with van der Waals surface area (Å²) in [4.78, 5) is 0. The molecule has 5 aromatic carbocycles. The van der Waals surface area contributed by atoms with E-state index < -0.39 is 29.1 Å². The molecule has 0 aromatic heterocycles. The molecule has 0 aliphatic rings. The second-order valence-electron chi connectivity index (χ2n) is 7.24. The lowest BCUT2D eigenvalue weighted by Crippen LogP contribution is -1.96. The van der Waals surface area contributed by atoms with E-state index in [-0.39, 0.29) is 16.5 Å². The number of halogens is 5. The van der Waals surface area contributed by atoms with Crippen molar-refractivity contribution in [1.29, 1.82) is 0 Å². The van der Waals surface area contributed by atoms with Crippen LogP contribution in [0.15, 0.2) is 78.9 Å². The summed E-state index contributed by atoms with van der Waals surface area (Å²) in [7, 11) is 0. The molecule has 0 heterocycles. The summed E-state index contributed by atoms with van der Waals surface area (Å²) in [5.74, 6) is -4.41. The average Bonchev–Trinajstić information content (AvgIpc) is 2.75. The lowest BCUT2D eigenvalue weighted by molar-refractivity contribution is 0.511. The van der Waals surface area contributed by atoms with Gasteiger partial charge in [-0.15, -0.1) is 0 Å². The van der Waals surface area contributed by atoms with Crippen LogP contribution in [-0.4, -0.2) is 0 Å². The minimum absolute atomic E-state index is 0.0346. The molecule has 0 atom stereocenters. The van der Waals surface area contributed by atoms with Gasteiger partial charge in [-0.2, -0.15) is 0 Å². The Balaban J connectivity index is 2.06. The molecule has 0 bridgehead atoms. The van der Waals surface area contributed by atoms with Crippen molar-refractivity contribution < 1.29 is 22.0 Å². The Labute approximate surface area is 174 Å². The van der Waals surface area contributed by atoms with Gasteiger partial charge in [0, 0.05) is 17.2 Å². The first-order chi connectivity index (χ1) is 14.9. The predicted octanol–water partition coefficient (Wildman–Crippen LogP) is 8.02. The molecule has 0 fully saturated rings. The average molecular weight is 420 g/mol. The van der Waals surface area contributed by atoms with E-state index in [1.807, 2.05) is 6.07 Å². The molecular formula is C26H13F5. The van der Waals surface area contributed by atoms with Crippen LogP contribution in [0.5, 0.6) is 0 Å². The maximum atomic E-state index is 14.8. The highest BCUT2D eigenvalue weighted by atomic mass is 19.2. The first kappa shape index (κ1) is 19.2. The van der Waals surface area contributed by atoms with Gasteiger partial charge in [0.05, 0.1) is 0 Å². The minimum atomic E-state index is -1.12. The van der Waals surface area contributed by atoms with Crippen LogP contribution in [-0.2, 0) is 0 Å². The number of benzene rings is 5. The summed E-state index contributed by atoms with van der Waals surface area (Å²) in [6.45, 7) is 0. The van der Waals surface area contributed by atoms with Gasteiger partial charge < -0.3 is 0 Å². The summed E-state index contributed by atoms with van der Waals surface area (Å²) >= 11 is 0.